The second kappa shape index (κ2) is 14.1. The third-order valence-electron chi connectivity index (χ3n) is 9.76. The molecular formula is C39H43N3O11. The molecule has 280 valence electrons. The van der Waals surface area contributed by atoms with E-state index in [0.29, 0.717) is 58.4 Å². The minimum absolute atomic E-state index is 0.0718. The highest BCUT2D eigenvalue weighted by Crippen LogP contribution is 2.57. The number of carbonyl (C=O) groups is 3. The fourth-order valence-electron chi connectivity index (χ4n) is 7.48. The number of hydrogen-bond donors (Lipinski definition) is 2. The van der Waals surface area contributed by atoms with Crippen molar-refractivity contribution in [1.82, 2.24) is 15.2 Å². The third-order valence-corrected chi connectivity index (χ3v) is 9.76. The van der Waals surface area contributed by atoms with Crippen molar-refractivity contribution < 1.29 is 52.3 Å². The summed E-state index contributed by atoms with van der Waals surface area (Å²) in [6, 6.07) is 9.66. The van der Waals surface area contributed by atoms with Crippen LogP contribution in [0.15, 0.2) is 42.6 Å². The number of rotatable bonds is 10. The number of aromatic amines is 1. The van der Waals surface area contributed by atoms with Crippen molar-refractivity contribution in [3.8, 4) is 28.7 Å². The summed E-state index contributed by atoms with van der Waals surface area (Å²) in [5.41, 5.74) is 4.01. The van der Waals surface area contributed by atoms with Crippen LogP contribution in [0.5, 0.6) is 28.7 Å². The molecule has 0 saturated heterocycles. The number of ether oxygens (including phenoxy) is 8. The van der Waals surface area contributed by atoms with Gasteiger partial charge in [-0.3, -0.25) is 4.90 Å². The molecule has 1 aromatic heterocycles. The van der Waals surface area contributed by atoms with Crippen LogP contribution in [0.1, 0.15) is 71.1 Å². The lowest BCUT2D eigenvalue weighted by atomic mass is 9.83. The van der Waals surface area contributed by atoms with E-state index >= 15 is 0 Å². The van der Waals surface area contributed by atoms with Crippen LogP contribution in [-0.4, -0.2) is 81.3 Å². The van der Waals surface area contributed by atoms with Gasteiger partial charge in [-0.05, 0) is 57.5 Å². The van der Waals surface area contributed by atoms with Gasteiger partial charge in [0.25, 0.3) is 0 Å². The van der Waals surface area contributed by atoms with E-state index in [1.807, 2.05) is 43.6 Å². The number of cyclic esters (lactones) is 1. The molecule has 14 heteroatoms. The summed E-state index contributed by atoms with van der Waals surface area (Å²) in [6.07, 6.45) is 1.01. The summed E-state index contributed by atoms with van der Waals surface area (Å²) >= 11 is 0. The third kappa shape index (κ3) is 6.52. The maximum absolute atomic E-state index is 14.0. The van der Waals surface area contributed by atoms with Crippen molar-refractivity contribution in [2.45, 2.75) is 64.0 Å². The molecule has 1 amide bonds. The second-order valence-corrected chi connectivity index (χ2v) is 14.1. The Morgan fingerprint density at radius 3 is 2.51 bits per heavy atom. The van der Waals surface area contributed by atoms with Gasteiger partial charge in [0.05, 0.1) is 27.4 Å². The molecule has 0 bridgehead atoms. The number of carbonyl (C=O) groups excluding carboxylic acids is 3. The van der Waals surface area contributed by atoms with Crippen LogP contribution in [0.25, 0.3) is 10.9 Å². The second-order valence-electron chi connectivity index (χ2n) is 14.1. The molecule has 0 radical (unpaired) electrons. The number of likely N-dealkylation sites (N-methyl/N-ethyl adjacent to an activating group) is 1. The van der Waals surface area contributed by atoms with Crippen molar-refractivity contribution >= 4 is 28.9 Å². The van der Waals surface area contributed by atoms with Gasteiger partial charge in [-0.15, -0.1) is 0 Å². The maximum atomic E-state index is 14.0. The molecule has 0 spiro atoms. The van der Waals surface area contributed by atoms with Crippen molar-refractivity contribution in [1.29, 1.82) is 0 Å². The molecule has 2 N–H and O–H groups in total. The molecule has 3 unspecified atom stereocenters. The Morgan fingerprint density at radius 2 is 1.77 bits per heavy atom. The molecule has 53 heavy (non-hydrogen) atoms. The number of para-hydroxylation sites is 1. The van der Waals surface area contributed by atoms with Gasteiger partial charge in [0.1, 0.15) is 29.9 Å². The maximum Gasteiger partial charge on any atom is 0.408 e. The minimum Gasteiger partial charge on any atom is -0.493 e. The van der Waals surface area contributed by atoms with Gasteiger partial charge in [0.15, 0.2) is 23.0 Å². The lowest BCUT2D eigenvalue weighted by Crippen LogP contribution is -2.45. The van der Waals surface area contributed by atoms with Crippen LogP contribution in [-0.2, 0) is 38.5 Å². The first-order valence-electron chi connectivity index (χ1n) is 17.3. The minimum atomic E-state index is -1.08. The number of amides is 1. The summed E-state index contributed by atoms with van der Waals surface area (Å²) in [5, 5.41) is 3.65. The molecule has 7 rings (SSSR count). The topological polar surface area (TPSA) is 156 Å². The molecule has 0 saturated carbocycles. The van der Waals surface area contributed by atoms with E-state index in [2.05, 4.69) is 15.2 Å². The number of aromatic nitrogens is 1. The predicted molar refractivity (Wildman–Crippen MR) is 191 cm³/mol. The zero-order valence-electron chi connectivity index (χ0n) is 30.7. The number of nitrogens with one attached hydrogen (secondary N) is 2. The average Bonchev–Trinajstić information content (AvgIpc) is 3.86. The van der Waals surface area contributed by atoms with Crippen LogP contribution in [0.4, 0.5) is 4.79 Å². The van der Waals surface area contributed by atoms with Crippen LogP contribution < -0.4 is 29.0 Å². The van der Waals surface area contributed by atoms with Gasteiger partial charge in [0, 0.05) is 46.8 Å². The molecule has 4 aromatic rings. The van der Waals surface area contributed by atoms with Crippen molar-refractivity contribution in [3.05, 3.63) is 76.0 Å². The zero-order chi connectivity index (χ0) is 37.6. The number of methoxy groups -OCH3 is 3. The Hall–Kier alpha value is -5.63. The van der Waals surface area contributed by atoms with Crippen LogP contribution in [0, 0.1) is 0 Å². The molecule has 3 aliphatic rings. The van der Waals surface area contributed by atoms with Gasteiger partial charge in [-0.25, -0.2) is 14.4 Å². The average molecular weight is 730 g/mol. The van der Waals surface area contributed by atoms with Crippen LogP contribution >= 0.6 is 0 Å². The molecule has 14 nitrogen and oxygen atoms in total. The number of hydrogen-bond acceptors (Lipinski definition) is 12. The summed E-state index contributed by atoms with van der Waals surface area (Å²) < 4.78 is 46.6. The Kier molecular flexibility index (Phi) is 9.49. The monoisotopic (exact) mass is 729 g/mol. The number of nitrogens with zero attached hydrogens (tertiary/aromatic N) is 1. The highest BCUT2D eigenvalue weighted by molar-refractivity contribution is 5.98. The van der Waals surface area contributed by atoms with Crippen molar-refractivity contribution in [2.24, 2.45) is 0 Å². The molecule has 4 heterocycles. The zero-order valence-corrected chi connectivity index (χ0v) is 30.7. The van der Waals surface area contributed by atoms with Crippen molar-refractivity contribution in [3.63, 3.8) is 0 Å². The summed E-state index contributed by atoms with van der Waals surface area (Å²) in [4.78, 5) is 45.7. The number of H-pyrrole nitrogens is 1. The van der Waals surface area contributed by atoms with E-state index < -0.39 is 41.8 Å². The Bertz CT molecular complexity index is 2090. The number of fused-ring (bicyclic) bond motifs is 4. The largest absolute Gasteiger partial charge is 0.493 e. The summed E-state index contributed by atoms with van der Waals surface area (Å²) in [7, 11) is 6.48. The van der Waals surface area contributed by atoms with E-state index in [4.69, 9.17) is 37.9 Å². The highest BCUT2D eigenvalue weighted by Gasteiger charge is 2.47. The Balaban J connectivity index is 1.24. The van der Waals surface area contributed by atoms with E-state index in [-0.39, 0.29) is 19.8 Å². The molecule has 0 fully saturated rings. The van der Waals surface area contributed by atoms with Crippen LogP contribution in [0.2, 0.25) is 0 Å². The summed E-state index contributed by atoms with van der Waals surface area (Å²) in [5.74, 6) is 0.709. The normalized spacial score (nSPS) is 18.1. The first-order valence-corrected chi connectivity index (χ1v) is 17.3. The molecule has 3 aromatic carbocycles. The van der Waals surface area contributed by atoms with Gasteiger partial charge in [0.2, 0.25) is 12.5 Å². The fraction of sp³-hybridized carbons (Fsp3) is 0.410. The lowest BCUT2D eigenvalue weighted by Gasteiger charge is -2.39. The Morgan fingerprint density at radius 1 is 1.02 bits per heavy atom. The molecule has 3 aliphatic heterocycles. The van der Waals surface area contributed by atoms with Gasteiger partial charge in [-0.1, -0.05) is 24.3 Å². The molecular weight excluding hydrogens is 686 g/mol. The van der Waals surface area contributed by atoms with Crippen LogP contribution in [0.3, 0.4) is 0 Å². The fourth-order valence-corrected chi connectivity index (χ4v) is 7.48. The van der Waals surface area contributed by atoms with Gasteiger partial charge >= 0.3 is 18.0 Å². The quantitative estimate of drug-likeness (QED) is 0.155. The number of benzene rings is 3. The lowest BCUT2D eigenvalue weighted by molar-refractivity contribution is -0.147. The SMILES string of the molecule is COc1ccc2c(c1OC)C(=O)OC2C1c2c(c(COC(=O)C(Cc3c[nH]c4ccccc34)NC(=O)OC(C)(C)C)c3c(c2OC)OCO3)CCN1C. The van der Waals surface area contributed by atoms with Gasteiger partial charge < -0.3 is 48.2 Å². The molecule has 0 aliphatic carbocycles. The first kappa shape index (κ1) is 35.8. The summed E-state index contributed by atoms with van der Waals surface area (Å²) in [6.45, 7) is 5.55. The van der Waals surface area contributed by atoms with E-state index in [0.717, 1.165) is 27.6 Å². The van der Waals surface area contributed by atoms with Gasteiger partial charge in [-0.2, -0.15) is 0 Å². The number of alkyl carbamates (subject to hydrolysis) is 1. The van der Waals surface area contributed by atoms with Crippen molar-refractivity contribution in [2.75, 3.05) is 41.7 Å². The van der Waals surface area contributed by atoms with E-state index in [1.165, 1.54) is 14.2 Å². The van der Waals surface area contributed by atoms with E-state index in [9.17, 15) is 14.4 Å². The smallest absolute Gasteiger partial charge is 0.408 e. The predicted octanol–water partition coefficient (Wildman–Crippen LogP) is 5.54. The van der Waals surface area contributed by atoms with E-state index in [1.54, 1.807) is 33.9 Å². The first-order chi connectivity index (χ1) is 25.4. The standard InChI is InChI=1S/C39H43N3O11/c1-39(2,3)53-38(45)41-26(16-20-17-40-25-11-9-8-10-21(20)25)36(43)49-18-24-22-14-15-42(4)30(28(22)34(48-7)35-32(24)50-19-51-35)31-23-12-13-27(46-5)33(47-6)29(23)37(44)52-31/h8-13,17,26,30-31,40H,14-16,18-19H2,1-7H3,(H,41,45). The molecule has 3 atom stereocenters. The Labute approximate surface area is 306 Å². The number of esters is 2. The highest BCUT2D eigenvalue weighted by atomic mass is 16.7.